The van der Waals surface area contributed by atoms with Crippen molar-refractivity contribution in [3.8, 4) is 0 Å². The highest BCUT2D eigenvalue weighted by Gasteiger charge is 2.11. The lowest BCUT2D eigenvalue weighted by molar-refractivity contribution is -0.888. The van der Waals surface area contributed by atoms with E-state index >= 15 is 0 Å². The van der Waals surface area contributed by atoms with Crippen LogP contribution >= 0.6 is 7.82 Å². The Labute approximate surface area is 317 Å². The molecule has 0 saturated carbocycles. The monoisotopic (exact) mass is 738 g/mol. The van der Waals surface area contributed by atoms with Gasteiger partial charge < -0.3 is 32.7 Å². The van der Waals surface area contributed by atoms with Gasteiger partial charge in [-0.2, -0.15) is 7.82 Å². The highest BCUT2D eigenvalue weighted by atomic mass is 31.2. The van der Waals surface area contributed by atoms with Gasteiger partial charge in [0.15, 0.2) is 0 Å². The van der Waals surface area contributed by atoms with Crippen molar-refractivity contribution in [1.82, 2.24) is 0 Å². The van der Waals surface area contributed by atoms with E-state index in [1.165, 1.54) is 207 Å². The maximum atomic E-state index is 8.55. The van der Waals surface area contributed by atoms with E-state index in [9.17, 15) is 0 Å². The van der Waals surface area contributed by atoms with Crippen molar-refractivity contribution in [1.29, 1.82) is 0 Å². The van der Waals surface area contributed by atoms with Crippen LogP contribution in [-0.4, -0.2) is 95.0 Å². The Hall–Kier alpha value is -0.0100. The first kappa shape index (κ1) is 56.7. The smallest absolute Gasteiger partial charge is 0.0782 e. The van der Waals surface area contributed by atoms with Gasteiger partial charge in [-0.3, -0.25) is 0 Å². The fourth-order valence-electron chi connectivity index (χ4n) is 5.50. The zero-order chi connectivity index (χ0) is 39.2. The van der Waals surface area contributed by atoms with Crippen LogP contribution in [-0.2, 0) is 4.57 Å². The summed E-state index contributed by atoms with van der Waals surface area (Å²) in [6, 6.07) is 0. The summed E-state index contributed by atoms with van der Waals surface area (Å²) in [6.45, 7) is 21.5. The topological polar surface area (TPSA) is 86.2 Å². The molecule has 0 spiro atoms. The van der Waals surface area contributed by atoms with Crippen LogP contribution in [0.25, 0.3) is 0 Å². The highest BCUT2D eigenvalue weighted by Crippen LogP contribution is 2.12. The van der Waals surface area contributed by atoms with E-state index in [0.717, 1.165) is 0 Å². The van der Waals surface area contributed by atoms with Crippen molar-refractivity contribution in [3.05, 3.63) is 0 Å². The van der Waals surface area contributed by atoms with Crippen LogP contribution < -0.4 is 14.7 Å². The van der Waals surface area contributed by atoms with Crippen LogP contribution in [0.1, 0.15) is 196 Å². The summed E-state index contributed by atoms with van der Waals surface area (Å²) in [5.41, 5.74) is 0. The van der Waals surface area contributed by atoms with Crippen molar-refractivity contribution in [2.75, 3.05) is 81.6 Å². The SMILES string of the molecule is CCCCCCCCCC[N+](C)(C)CC.CCCCCCCCCC[N+](C)(C)CC.CCCCCCCCCC[N+](C)(C)CC.O=P([O-])([O-])[O-]. The third-order valence-electron chi connectivity index (χ3n) is 10.4. The molecule has 0 amide bonds. The summed E-state index contributed by atoms with van der Waals surface area (Å²) in [6.07, 6.45) is 34.4. The molecule has 0 heterocycles. The molecule has 0 rings (SSSR count). The first-order valence-electron chi connectivity index (χ1n) is 21.6. The number of hydrogen-bond acceptors (Lipinski definition) is 4. The summed E-state index contributed by atoms with van der Waals surface area (Å²) in [7, 11) is 8.62. The van der Waals surface area contributed by atoms with E-state index in [4.69, 9.17) is 19.2 Å². The second-order valence-corrected chi connectivity index (χ2v) is 17.7. The first-order chi connectivity index (χ1) is 23.4. The first-order valence-corrected chi connectivity index (χ1v) is 23.0. The zero-order valence-corrected chi connectivity index (χ0v) is 37.5. The lowest BCUT2D eigenvalue weighted by Crippen LogP contribution is -2.39. The van der Waals surface area contributed by atoms with E-state index in [2.05, 4.69) is 83.8 Å². The van der Waals surface area contributed by atoms with Crippen LogP contribution in [0.2, 0.25) is 0 Å². The number of rotatable bonds is 30. The largest absolute Gasteiger partial charge is 0.822 e. The Morgan fingerprint density at radius 1 is 0.320 bits per heavy atom. The molecule has 0 N–H and O–H groups in total. The maximum Gasteiger partial charge on any atom is 0.0782 e. The minimum absolute atomic E-state index is 1.19. The molecule has 0 aromatic carbocycles. The van der Waals surface area contributed by atoms with Crippen molar-refractivity contribution < 1.29 is 32.7 Å². The van der Waals surface area contributed by atoms with E-state index in [0.29, 0.717) is 0 Å². The molecule has 0 aliphatic rings. The fourth-order valence-corrected chi connectivity index (χ4v) is 5.50. The lowest BCUT2D eigenvalue weighted by Gasteiger charge is -2.36. The van der Waals surface area contributed by atoms with E-state index in [-0.39, 0.29) is 0 Å². The third kappa shape index (κ3) is 60.1. The number of phosphoric acid groups is 1. The molecular weight excluding hydrogens is 641 g/mol. The molecule has 0 atom stereocenters. The summed E-state index contributed by atoms with van der Waals surface area (Å²) in [5.74, 6) is 0. The lowest BCUT2D eigenvalue weighted by atomic mass is 10.1. The Morgan fingerprint density at radius 3 is 0.600 bits per heavy atom. The second kappa shape index (κ2) is 38.7. The summed E-state index contributed by atoms with van der Waals surface area (Å²) in [4.78, 5) is 25.6. The van der Waals surface area contributed by atoms with Crippen LogP contribution in [0.15, 0.2) is 0 Å². The minimum atomic E-state index is -5.39. The predicted molar refractivity (Wildman–Crippen MR) is 218 cm³/mol. The van der Waals surface area contributed by atoms with Crippen molar-refractivity contribution in [2.24, 2.45) is 0 Å². The Morgan fingerprint density at radius 2 is 0.460 bits per heavy atom. The van der Waals surface area contributed by atoms with Crippen LogP contribution in [0.4, 0.5) is 0 Å². The molecule has 0 aliphatic heterocycles. The Kier molecular flexibility index (Phi) is 43.9. The highest BCUT2D eigenvalue weighted by molar-refractivity contribution is 7.40. The van der Waals surface area contributed by atoms with Crippen LogP contribution in [0.5, 0.6) is 0 Å². The fraction of sp³-hybridized carbons (Fsp3) is 1.00. The second-order valence-electron chi connectivity index (χ2n) is 16.8. The van der Waals surface area contributed by atoms with Gasteiger partial charge in [-0.15, -0.1) is 0 Å². The zero-order valence-electron chi connectivity index (χ0n) is 36.6. The van der Waals surface area contributed by atoms with Gasteiger partial charge in [0.1, 0.15) is 0 Å². The molecule has 50 heavy (non-hydrogen) atoms. The van der Waals surface area contributed by atoms with Gasteiger partial charge in [0.2, 0.25) is 0 Å². The molecule has 0 aromatic heterocycles. The summed E-state index contributed by atoms with van der Waals surface area (Å²) >= 11 is 0. The number of nitrogens with zero attached hydrogens (tertiary/aromatic N) is 3. The van der Waals surface area contributed by atoms with Gasteiger partial charge >= 0.3 is 0 Å². The van der Waals surface area contributed by atoms with Gasteiger partial charge in [0.05, 0.1) is 81.6 Å². The van der Waals surface area contributed by atoms with Gasteiger partial charge in [-0.1, -0.05) is 136 Å². The van der Waals surface area contributed by atoms with Crippen LogP contribution in [0.3, 0.4) is 0 Å². The van der Waals surface area contributed by atoms with Crippen molar-refractivity contribution in [2.45, 2.75) is 196 Å². The van der Waals surface area contributed by atoms with E-state index in [1.54, 1.807) is 0 Å². The summed E-state index contributed by atoms with van der Waals surface area (Å²) < 4.78 is 12.1. The average Bonchev–Trinajstić information content (AvgIpc) is 3.04. The molecule has 0 radical (unpaired) electrons. The summed E-state index contributed by atoms with van der Waals surface area (Å²) in [5, 5.41) is 0. The minimum Gasteiger partial charge on any atom is -0.822 e. The molecule has 7 nitrogen and oxygen atoms in total. The molecule has 8 heteroatoms. The van der Waals surface area contributed by atoms with Crippen LogP contribution in [0, 0.1) is 0 Å². The maximum absolute atomic E-state index is 8.55. The van der Waals surface area contributed by atoms with E-state index < -0.39 is 7.82 Å². The van der Waals surface area contributed by atoms with Crippen molar-refractivity contribution in [3.63, 3.8) is 0 Å². The molecule has 0 aromatic rings. The molecular formula is C42H96N3O4P. The van der Waals surface area contributed by atoms with Gasteiger partial charge in [0.25, 0.3) is 0 Å². The third-order valence-corrected chi connectivity index (χ3v) is 10.4. The van der Waals surface area contributed by atoms with Gasteiger partial charge in [-0.05, 0) is 59.3 Å². The quantitative estimate of drug-likeness (QED) is 0.0417. The van der Waals surface area contributed by atoms with E-state index in [1.807, 2.05) is 0 Å². The molecule has 308 valence electrons. The molecule has 0 saturated heterocycles. The number of hydrogen-bond donors (Lipinski definition) is 0. The van der Waals surface area contributed by atoms with Gasteiger partial charge in [0, 0.05) is 0 Å². The molecule has 0 aliphatic carbocycles. The molecule has 0 bridgehead atoms. The predicted octanol–water partition coefficient (Wildman–Crippen LogP) is 9.85. The number of unbranched alkanes of at least 4 members (excludes halogenated alkanes) is 21. The normalized spacial score (nSPS) is 12.0. The Bertz CT molecular complexity index is 614. The Balaban J connectivity index is -0.000000296. The van der Waals surface area contributed by atoms with Crippen molar-refractivity contribution >= 4 is 7.82 Å². The standard InChI is InChI=1S/3C14H32N.H3O4P/c3*1-5-7-8-9-10-11-12-13-14-15(3,4)6-2;1-5(2,3)4/h3*5-14H2,1-4H3;(H3,1,2,3,4)/q3*+1;/p-3. The molecule has 0 fully saturated rings. The average molecular weight is 738 g/mol. The molecule has 0 unspecified atom stereocenters. The van der Waals surface area contributed by atoms with Gasteiger partial charge in [-0.25, -0.2) is 0 Å². The number of quaternary nitrogens is 3.